The van der Waals surface area contributed by atoms with Gasteiger partial charge in [0, 0.05) is 0 Å². The van der Waals surface area contributed by atoms with Crippen LogP contribution in [0.2, 0.25) is 0 Å². The second-order valence-electron chi connectivity index (χ2n) is 4.03. The quantitative estimate of drug-likeness (QED) is 0.279. The average Bonchev–Trinajstić information content (AvgIpc) is 2.19. The summed E-state index contributed by atoms with van der Waals surface area (Å²) < 4.78 is 21.7. The van der Waals surface area contributed by atoms with Crippen molar-refractivity contribution in [1.82, 2.24) is 4.90 Å². The van der Waals surface area contributed by atoms with Gasteiger partial charge < -0.3 is 35.9 Å². The van der Waals surface area contributed by atoms with Crippen LogP contribution in [-0.4, -0.2) is 55.5 Å². The minimum atomic E-state index is -4.65. The molecular formula is C7H19N3O7P2. The fourth-order valence-electron chi connectivity index (χ4n) is 1.32. The first-order valence-electron chi connectivity index (χ1n) is 5.30. The number of hydrogen-bond donors (Lipinski definition) is 6. The molecule has 1 atom stereocenters. The Kier molecular flexibility index (Phi) is 7.34. The molecule has 114 valence electrons. The summed E-state index contributed by atoms with van der Waals surface area (Å²) in [5.74, 6) is -0.930. The van der Waals surface area contributed by atoms with Crippen LogP contribution in [0.25, 0.3) is 0 Å². The van der Waals surface area contributed by atoms with Crippen molar-refractivity contribution >= 4 is 21.1 Å². The lowest BCUT2D eigenvalue weighted by Gasteiger charge is -2.26. The lowest BCUT2D eigenvalue weighted by atomic mass is 10.1. The highest BCUT2D eigenvalue weighted by molar-refractivity contribution is 7.52. The Morgan fingerprint density at radius 2 is 1.53 bits per heavy atom. The third kappa shape index (κ3) is 9.26. The van der Waals surface area contributed by atoms with E-state index in [1.54, 1.807) is 0 Å². The first-order valence-corrected chi connectivity index (χ1v) is 8.89. The number of carbonyl (C=O) groups excluding carboxylic acids is 1. The largest absolute Gasteiger partial charge is 0.344 e. The van der Waals surface area contributed by atoms with E-state index in [0.717, 1.165) is 0 Å². The van der Waals surface area contributed by atoms with Gasteiger partial charge in [0.15, 0.2) is 0 Å². The van der Waals surface area contributed by atoms with Crippen molar-refractivity contribution in [2.24, 2.45) is 11.5 Å². The fraction of sp³-hybridized carbons (Fsp3) is 0.857. The van der Waals surface area contributed by atoms with E-state index in [1.165, 1.54) is 0 Å². The number of nitrogens with zero attached hydrogens (tertiary/aromatic N) is 1. The molecule has 0 aliphatic rings. The highest BCUT2D eigenvalue weighted by Crippen LogP contribution is 2.41. The molecule has 0 saturated carbocycles. The molecule has 0 aromatic carbocycles. The molecule has 0 heterocycles. The molecule has 0 spiro atoms. The van der Waals surface area contributed by atoms with Crippen LogP contribution in [-0.2, 0) is 13.9 Å². The van der Waals surface area contributed by atoms with Crippen LogP contribution in [0.1, 0.15) is 12.8 Å². The zero-order valence-electron chi connectivity index (χ0n) is 10.1. The molecule has 0 bridgehead atoms. The number of amides is 1. The van der Waals surface area contributed by atoms with Crippen LogP contribution in [0.5, 0.6) is 0 Å². The van der Waals surface area contributed by atoms with Crippen LogP contribution < -0.4 is 11.5 Å². The summed E-state index contributed by atoms with van der Waals surface area (Å²) in [7, 11) is -9.29. The first kappa shape index (κ1) is 18.7. The van der Waals surface area contributed by atoms with Crippen LogP contribution >= 0.6 is 15.2 Å². The van der Waals surface area contributed by atoms with Crippen molar-refractivity contribution in [3.8, 4) is 0 Å². The van der Waals surface area contributed by atoms with Crippen LogP contribution in [0, 0.1) is 0 Å². The van der Waals surface area contributed by atoms with E-state index in [-0.39, 0.29) is 13.0 Å². The van der Waals surface area contributed by atoms with Crippen LogP contribution in [0.4, 0.5) is 0 Å². The summed E-state index contributed by atoms with van der Waals surface area (Å²) in [4.78, 5) is 47.3. The molecule has 0 radical (unpaired) electrons. The monoisotopic (exact) mass is 319 g/mol. The molecule has 0 fully saturated rings. The van der Waals surface area contributed by atoms with Crippen molar-refractivity contribution < 1.29 is 33.5 Å². The topological polar surface area (TPSA) is 187 Å². The normalized spacial score (nSPS) is 14.2. The number of rotatable bonds is 8. The van der Waals surface area contributed by atoms with Crippen LogP contribution in [0.15, 0.2) is 0 Å². The van der Waals surface area contributed by atoms with Crippen molar-refractivity contribution in [1.29, 1.82) is 0 Å². The van der Waals surface area contributed by atoms with Gasteiger partial charge in [0.2, 0.25) is 5.91 Å². The van der Waals surface area contributed by atoms with Gasteiger partial charge in [-0.1, -0.05) is 0 Å². The molecule has 8 N–H and O–H groups in total. The molecule has 0 aromatic heterocycles. The SMILES string of the molecule is NCCC[C@H](N)C(=O)N(CP(=O)(O)O)CP(=O)(O)O. The number of carbonyl (C=O) groups is 1. The first-order chi connectivity index (χ1) is 8.46. The Bertz CT molecular complexity index is 368. The van der Waals surface area contributed by atoms with E-state index in [0.29, 0.717) is 11.3 Å². The van der Waals surface area contributed by atoms with Gasteiger partial charge in [0.05, 0.1) is 6.04 Å². The molecule has 0 aromatic rings. The van der Waals surface area contributed by atoms with Gasteiger partial charge in [-0.2, -0.15) is 0 Å². The highest BCUT2D eigenvalue weighted by atomic mass is 31.2. The molecule has 0 aliphatic carbocycles. The highest BCUT2D eigenvalue weighted by Gasteiger charge is 2.31. The summed E-state index contributed by atoms with van der Waals surface area (Å²) in [6, 6.07) is -1.11. The summed E-state index contributed by atoms with van der Waals surface area (Å²) >= 11 is 0. The molecule has 1 amide bonds. The Hall–Kier alpha value is -0.310. The standard InChI is InChI=1S/C7H19N3O7P2/c8-3-1-2-6(9)7(11)10(4-18(12,13)14)5-19(15,16)17/h6H,1-5,8-9H2,(H2,12,13,14)(H2,15,16,17)/t6-/m0/s1. The summed E-state index contributed by atoms with van der Waals surface area (Å²) in [5, 5.41) is 0. The van der Waals surface area contributed by atoms with E-state index in [2.05, 4.69) is 0 Å². The third-order valence-electron chi connectivity index (χ3n) is 2.06. The second kappa shape index (κ2) is 7.47. The van der Waals surface area contributed by atoms with Gasteiger partial charge in [-0.25, -0.2) is 0 Å². The maximum atomic E-state index is 11.8. The molecule has 0 rings (SSSR count). The van der Waals surface area contributed by atoms with Gasteiger partial charge in [-0.05, 0) is 19.4 Å². The second-order valence-corrected chi connectivity index (χ2v) is 7.25. The van der Waals surface area contributed by atoms with E-state index in [1.807, 2.05) is 0 Å². The Morgan fingerprint density at radius 3 is 1.84 bits per heavy atom. The summed E-state index contributed by atoms with van der Waals surface area (Å²) in [6.07, 6.45) is -1.61. The van der Waals surface area contributed by atoms with Crippen LogP contribution in [0.3, 0.4) is 0 Å². The van der Waals surface area contributed by atoms with Gasteiger partial charge in [0.25, 0.3) is 0 Å². The molecule has 19 heavy (non-hydrogen) atoms. The molecule has 0 saturated heterocycles. The van der Waals surface area contributed by atoms with Gasteiger partial charge in [-0.15, -0.1) is 0 Å². The summed E-state index contributed by atoms with van der Waals surface area (Å²) in [5.41, 5.74) is 10.7. The van der Waals surface area contributed by atoms with Crippen molar-refractivity contribution in [3.05, 3.63) is 0 Å². The summed E-state index contributed by atoms with van der Waals surface area (Å²) in [6.45, 7) is 0.276. The minimum Gasteiger partial charge on any atom is -0.330 e. The fourth-order valence-corrected chi connectivity index (χ4v) is 2.85. The number of hydrogen-bond acceptors (Lipinski definition) is 5. The van der Waals surface area contributed by atoms with E-state index < -0.39 is 39.7 Å². The maximum absolute atomic E-state index is 11.8. The van der Waals surface area contributed by atoms with Gasteiger partial charge >= 0.3 is 15.2 Å². The molecule has 12 heteroatoms. The average molecular weight is 319 g/mol. The molecule has 10 nitrogen and oxygen atoms in total. The van der Waals surface area contributed by atoms with Crippen molar-refractivity contribution in [2.75, 3.05) is 19.1 Å². The number of nitrogens with two attached hydrogens (primary N) is 2. The van der Waals surface area contributed by atoms with Gasteiger partial charge in [0.1, 0.15) is 12.6 Å². The minimum absolute atomic E-state index is 0.161. The Morgan fingerprint density at radius 1 is 1.11 bits per heavy atom. The smallest absolute Gasteiger partial charge is 0.330 e. The Labute approximate surface area is 110 Å². The van der Waals surface area contributed by atoms with E-state index in [9.17, 15) is 13.9 Å². The zero-order valence-corrected chi connectivity index (χ0v) is 11.9. The van der Waals surface area contributed by atoms with Gasteiger partial charge in [-0.3, -0.25) is 13.9 Å². The lowest BCUT2D eigenvalue weighted by Crippen LogP contribution is -2.44. The molecule has 0 aliphatic heterocycles. The third-order valence-corrected chi connectivity index (χ3v) is 3.48. The van der Waals surface area contributed by atoms with Crippen molar-refractivity contribution in [2.45, 2.75) is 18.9 Å². The lowest BCUT2D eigenvalue weighted by molar-refractivity contribution is -0.131. The zero-order chi connectivity index (χ0) is 15.3. The van der Waals surface area contributed by atoms with Crippen molar-refractivity contribution in [3.63, 3.8) is 0 Å². The van der Waals surface area contributed by atoms with E-state index >= 15 is 0 Å². The van der Waals surface area contributed by atoms with E-state index in [4.69, 9.17) is 31.0 Å². The predicted molar refractivity (Wildman–Crippen MR) is 66.9 cm³/mol. The maximum Gasteiger partial charge on any atom is 0.344 e. The molecule has 0 unspecified atom stereocenters. The Balaban J connectivity index is 4.87. The predicted octanol–water partition coefficient (Wildman–Crippen LogP) is -1.85. The molecular weight excluding hydrogens is 300 g/mol.